The van der Waals surface area contributed by atoms with E-state index in [1.807, 2.05) is 43.8 Å². The Morgan fingerprint density at radius 3 is 2.68 bits per heavy atom. The molecule has 0 aliphatic carbocycles. The van der Waals surface area contributed by atoms with Gasteiger partial charge in [-0.2, -0.15) is 5.10 Å². The minimum absolute atomic E-state index is 0.199. The number of alkyl halides is 1. The molecule has 0 radical (unpaired) electrons. The van der Waals surface area contributed by atoms with Gasteiger partial charge in [0.1, 0.15) is 11.3 Å². The molecule has 0 aliphatic heterocycles. The van der Waals surface area contributed by atoms with Gasteiger partial charge < -0.3 is 0 Å². The van der Waals surface area contributed by atoms with Crippen LogP contribution in [0.25, 0.3) is 16.9 Å². The third kappa shape index (κ3) is 2.00. The molecule has 0 spiro atoms. The summed E-state index contributed by atoms with van der Waals surface area (Å²) in [5.41, 5.74) is 3.53. The van der Waals surface area contributed by atoms with E-state index in [0.29, 0.717) is 0 Å². The molecule has 0 saturated heterocycles. The van der Waals surface area contributed by atoms with Crippen LogP contribution in [0.15, 0.2) is 24.5 Å². The summed E-state index contributed by atoms with van der Waals surface area (Å²) in [6.07, 6.45) is 3.71. The average Bonchev–Trinajstić information content (AvgIpc) is 2.92. The largest absolute Gasteiger partial charge is 0.276 e. The fourth-order valence-electron chi connectivity index (χ4n) is 2.11. The van der Waals surface area contributed by atoms with Crippen LogP contribution in [0.1, 0.15) is 23.8 Å². The zero-order chi connectivity index (χ0) is 13.6. The molecule has 0 N–H and O–H groups in total. The molecule has 98 valence electrons. The number of rotatable bonds is 2. The number of halogens is 1. The summed E-state index contributed by atoms with van der Waals surface area (Å²) in [4.78, 5) is 9.14. The molecular formula is C13H14ClN5. The third-order valence-corrected chi connectivity index (χ3v) is 3.17. The van der Waals surface area contributed by atoms with Crippen LogP contribution in [0.3, 0.4) is 0 Å². The number of aryl methyl sites for hydroxylation is 2. The van der Waals surface area contributed by atoms with Gasteiger partial charge in [-0.15, -0.1) is 11.6 Å². The van der Waals surface area contributed by atoms with Crippen molar-refractivity contribution in [2.75, 3.05) is 0 Å². The summed E-state index contributed by atoms with van der Waals surface area (Å²) in [6.45, 7) is 3.87. The minimum atomic E-state index is -0.199. The second-order valence-electron chi connectivity index (χ2n) is 4.59. The van der Waals surface area contributed by atoms with E-state index in [1.165, 1.54) is 0 Å². The summed E-state index contributed by atoms with van der Waals surface area (Å²) in [7, 11) is 1.88. The molecule has 5 nitrogen and oxygen atoms in total. The Labute approximate surface area is 115 Å². The summed E-state index contributed by atoms with van der Waals surface area (Å²) in [6, 6.07) is 3.92. The molecule has 3 aromatic heterocycles. The minimum Gasteiger partial charge on any atom is -0.276 e. The fourth-order valence-corrected chi connectivity index (χ4v) is 2.26. The molecule has 6 heteroatoms. The van der Waals surface area contributed by atoms with Gasteiger partial charge >= 0.3 is 0 Å². The normalized spacial score (nSPS) is 13.1. The molecule has 0 aliphatic rings. The molecule has 3 aromatic rings. The first-order chi connectivity index (χ1) is 9.06. The lowest BCUT2D eigenvalue weighted by Crippen LogP contribution is -2.02. The van der Waals surface area contributed by atoms with Crippen molar-refractivity contribution in [2.45, 2.75) is 19.2 Å². The first-order valence-corrected chi connectivity index (χ1v) is 6.49. The van der Waals surface area contributed by atoms with E-state index < -0.39 is 0 Å². The van der Waals surface area contributed by atoms with Crippen LogP contribution in [0.4, 0.5) is 0 Å². The smallest absolute Gasteiger partial charge is 0.165 e. The monoisotopic (exact) mass is 275 g/mol. The summed E-state index contributed by atoms with van der Waals surface area (Å²) in [5, 5.41) is 4.00. The number of pyridine rings is 1. The lowest BCUT2D eigenvalue weighted by Gasteiger charge is -2.07. The van der Waals surface area contributed by atoms with Crippen LogP contribution in [-0.4, -0.2) is 24.3 Å². The van der Waals surface area contributed by atoms with Crippen molar-refractivity contribution in [1.82, 2.24) is 24.3 Å². The Kier molecular flexibility index (Phi) is 2.78. The molecule has 1 unspecified atom stereocenters. The van der Waals surface area contributed by atoms with E-state index in [0.717, 1.165) is 28.4 Å². The van der Waals surface area contributed by atoms with Crippen molar-refractivity contribution >= 4 is 22.8 Å². The second-order valence-corrected chi connectivity index (χ2v) is 5.24. The molecule has 0 fully saturated rings. The number of aromatic nitrogens is 5. The van der Waals surface area contributed by atoms with Crippen LogP contribution in [0.2, 0.25) is 0 Å². The van der Waals surface area contributed by atoms with E-state index in [1.54, 1.807) is 10.9 Å². The number of hydrogen-bond acceptors (Lipinski definition) is 3. The van der Waals surface area contributed by atoms with E-state index in [4.69, 9.17) is 11.6 Å². The summed E-state index contributed by atoms with van der Waals surface area (Å²) < 4.78 is 3.71. The van der Waals surface area contributed by atoms with Crippen molar-refractivity contribution in [3.8, 4) is 5.69 Å². The van der Waals surface area contributed by atoms with Gasteiger partial charge in [0.25, 0.3) is 0 Å². The molecule has 0 aromatic carbocycles. The Balaban J connectivity index is 2.35. The molecular weight excluding hydrogens is 262 g/mol. The van der Waals surface area contributed by atoms with Gasteiger partial charge in [-0.05, 0) is 26.0 Å². The topological polar surface area (TPSA) is 48.5 Å². The molecule has 3 heterocycles. The first kappa shape index (κ1) is 12.2. The standard InChI is InChI=1S/C13H14ClN5/c1-8-4-5-11-13(16-8)19(12(17-11)9(2)14)10-6-15-18(3)7-10/h4-7,9H,1-3H3. The number of fused-ring (bicyclic) bond motifs is 1. The van der Waals surface area contributed by atoms with Crippen LogP contribution in [-0.2, 0) is 7.05 Å². The Morgan fingerprint density at radius 1 is 1.26 bits per heavy atom. The predicted molar refractivity (Wildman–Crippen MR) is 74.6 cm³/mol. The van der Waals surface area contributed by atoms with Crippen LogP contribution >= 0.6 is 11.6 Å². The SMILES string of the molecule is Cc1ccc2nc(C(C)Cl)n(-c3cnn(C)c3)c2n1. The van der Waals surface area contributed by atoms with Crippen LogP contribution in [0, 0.1) is 6.92 Å². The highest BCUT2D eigenvalue weighted by molar-refractivity contribution is 6.20. The number of nitrogens with zero attached hydrogens (tertiary/aromatic N) is 5. The van der Waals surface area contributed by atoms with E-state index in [9.17, 15) is 0 Å². The predicted octanol–water partition coefficient (Wildman–Crippen LogP) is 2.76. The number of hydrogen-bond donors (Lipinski definition) is 0. The lowest BCUT2D eigenvalue weighted by molar-refractivity contribution is 0.766. The van der Waals surface area contributed by atoms with Crippen molar-refractivity contribution in [2.24, 2.45) is 7.05 Å². The Morgan fingerprint density at radius 2 is 2.05 bits per heavy atom. The molecule has 19 heavy (non-hydrogen) atoms. The van der Waals surface area contributed by atoms with Crippen LogP contribution < -0.4 is 0 Å². The zero-order valence-corrected chi connectivity index (χ0v) is 11.8. The zero-order valence-electron chi connectivity index (χ0n) is 11.0. The van der Waals surface area contributed by atoms with Crippen molar-refractivity contribution < 1.29 is 0 Å². The average molecular weight is 276 g/mol. The van der Waals surface area contributed by atoms with Gasteiger partial charge in [0.2, 0.25) is 0 Å². The highest BCUT2D eigenvalue weighted by atomic mass is 35.5. The molecule has 1 atom stereocenters. The van der Waals surface area contributed by atoms with Gasteiger partial charge in [0.15, 0.2) is 5.65 Å². The lowest BCUT2D eigenvalue weighted by atomic mass is 10.3. The van der Waals surface area contributed by atoms with Crippen molar-refractivity contribution in [1.29, 1.82) is 0 Å². The third-order valence-electron chi connectivity index (χ3n) is 2.97. The highest BCUT2D eigenvalue weighted by Crippen LogP contribution is 2.27. The van der Waals surface area contributed by atoms with E-state index >= 15 is 0 Å². The van der Waals surface area contributed by atoms with Crippen LogP contribution in [0.5, 0.6) is 0 Å². The van der Waals surface area contributed by atoms with Crippen molar-refractivity contribution in [3.63, 3.8) is 0 Å². The maximum Gasteiger partial charge on any atom is 0.165 e. The molecule has 0 amide bonds. The maximum absolute atomic E-state index is 6.24. The van der Waals surface area contributed by atoms with Crippen molar-refractivity contribution in [3.05, 3.63) is 36.0 Å². The van der Waals surface area contributed by atoms with Gasteiger partial charge in [-0.3, -0.25) is 9.25 Å². The molecule has 3 rings (SSSR count). The Bertz CT molecular complexity index is 741. The maximum atomic E-state index is 6.24. The van der Waals surface area contributed by atoms with Gasteiger partial charge in [-0.25, -0.2) is 9.97 Å². The summed E-state index contributed by atoms with van der Waals surface area (Å²) >= 11 is 6.24. The first-order valence-electron chi connectivity index (χ1n) is 6.05. The quantitative estimate of drug-likeness (QED) is 0.676. The molecule has 0 saturated carbocycles. The second kappa shape index (κ2) is 4.35. The van der Waals surface area contributed by atoms with E-state index in [2.05, 4.69) is 15.1 Å². The van der Waals surface area contributed by atoms with Gasteiger partial charge in [-0.1, -0.05) is 0 Å². The van der Waals surface area contributed by atoms with Gasteiger partial charge in [0.05, 0.1) is 17.3 Å². The van der Waals surface area contributed by atoms with E-state index in [-0.39, 0.29) is 5.38 Å². The highest BCUT2D eigenvalue weighted by Gasteiger charge is 2.18. The summed E-state index contributed by atoms with van der Waals surface area (Å²) in [5.74, 6) is 0.780. The Hall–Kier alpha value is -1.88. The molecule has 0 bridgehead atoms. The number of imidazole rings is 1. The van der Waals surface area contributed by atoms with Gasteiger partial charge in [0, 0.05) is 18.9 Å². The fraction of sp³-hybridized carbons (Fsp3) is 0.308.